The fraction of sp³-hybridized carbons (Fsp3) is 0.797. The summed E-state index contributed by atoms with van der Waals surface area (Å²) in [6.45, 7) is 4.54. The van der Waals surface area contributed by atoms with Crippen molar-refractivity contribution in [1.82, 2.24) is 0 Å². The Labute approximate surface area is 465 Å². The van der Waals surface area contributed by atoms with E-state index < -0.39 is 57.8 Å². The van der Waals surface area contributed by atoms with E-state index in [4.69, 9.17) is 23.3 Å². The third-order valence-corrected chi connectivity index (χ3v) is 14.3. The van der Waals surface area contributed by atoms with Gasteiger partial charge in [-0.05, 0) is 103 Å². The van der Waals surface area contributed by atoms with Gasteiger partial charge in [-0.2, -0.15) is 0 Å². The van der Waals surface area contributed by atoms with Crippen LogP contribution < -0.4 is 0 Å². The molecule has 0 aromatic heterocycles. The first-order valence-corrected chi connectivity index (χ1v) is 32.7. The summed E-state index contributed by atoms with van der Waals surface area (Å²) < 4.78 is 39.6. The van der Waals surface area contributed by atoms with Gasteiger partial charge in [0.05, 0.1) is 19.8 Å². The second kappa shape index (κ2) is 58.3. The van der Waals surface area contributed by atoms with Gasteiger partial charge in [0.25, 0.3) is 0 Å². The Hall–Kier alpha value is -2.82. The molecule has 0 aliphatic carbocycles. The molecule has 0 bridgehead atoms. The highest BCUT2D eigenvalue weighted by molar-refractivity contribution is 7.47. The Balaban J connectivity index is 4.72. The smallest absolute Gasteiger partial charge is 0.462 e. The van der Waals surface area contributed by atoms with Gasteiger partial charge >= 0.3 is 25.7 Å². The van der Waals surface area contributed by atoms with Crippen LogP contribution in [0.4, 0.5) is 0 Å². The number of carbonyl (C=O) groups excluding carboxylic acids is 3. The van der Waals surface area contributed by atoms with E-state index in [0.29, 0.717) is 19.3 Å². The lowest BCUT2D eigenvalue weighted by Gasteiger charge is -2.21. The van der Waals surface area contributed by atoms with Crippen LogP contribution in [0.15, 0.2) is 60.8 Å². The molecule has 0 aromatic carbocycles. The van der Waals surface area contributed by atoms with Crippen LogP contribution in [0.3, 0.4) is 0 Å². The van der Waals surface area contributed by atoms with Crippen LogP contribution in [0.5, 0.6) is 0 Å². The van der Waals surface area contributed by atoms with Crippen molar-refractivity contribution in [3.8, 4) is 0 Å². The third-order valence-electron chi connectivity index (χ3n) is 13.4. The summed E-state index contributed by atoms with van der Waals surface area (Å²) in [7, 11) is -4.76. The van der Waals surface area contributed by atoms with E-state index in [9.17, 15) is 28.9 Å². The highest BCUT2D eigenvalue weighted by atomic mass is 31.2. The Morgan fingerprint density at radius 1 is 0.382 bits per heavy atom. The van der Waals surface area contributed by atoms with Gasteiger partial charge in [0, 0.05) is 19.3 Å². The summed E-state index contributed by atoms with van der Waals surface area (Å²) in [6.07, 6.45) is 64.5. The minimum atomic E-state index is -4.76. The topological polar surface area (TPSA) is 155 Å². The zero-order valence-electron chi connectivity index (χ0n) is 49.0. The lowest BCUT2D eigenvalue weighted by Crippen LogP contribution is -2.30. The highest BCUT2D eigenvalue weighted by Gasteiger charge is 2.28. The molecule has 0 aliphatic heterocycles. The second-order valence-corrected chi connectivity index (χ2v) is 22.3. The highest BCUT2D eigenvalue weighted by Crippen LogP contribution is 2.43. The van der Waals surface area contributed by atoms with Crippen molar-refractivity contribution >= 4 is 25.7 Å². The first kappa shape index (κ1) is 73.2. The van der Waals surface area contributed by atoms with Crippen LogP contribution in [-0.4, -0.2) is 66.5 Å². The normalized spacial score (nSPS) is 13.7. The molecule has 0 aliphatic rings. The fourth-order valence-corrected chi connectivity index (χ4v) is 9.44. The molecule has 0 radical (unpaired) electrons. The van der Waals surface area contributed by atoms with Gasteiger partial charge in [0.1, 0.15) is 12.7 Å². The minimum Gasteiger partial charge on any atom is -0.462 e. The molecular weight excluding hydrogens is 976 g/mol. The molecule has 3 atom stereocenters. The summed E-state index contributed by atoms with van der Waals surface area (Å²) >= 11 is 0. The van der Waals surface area contributed by atoms with Crippen molar-refractivity contribution < 1.29 is 52.2 Å². The molecule has 0 heterocycles. The van der Waals surface area contributed by atoms with Crippen molar-refractivity contribution in [3.05, 3.63) is 60.8 Å². The van der Waals surface area contributed by atoms with Crippen LogP contribution in [0.2, 0.25) is 0 Å². The molecule has 2 N–H and O–H groups in total. The van der Waals surface area contributed by atoms with Crippen molar-refractivity contribution in [3.63, 3.8) is 0 Å². The number of carbonyl (C=O) groups is 3. The quantitative estimate of drug-likeness (QED) is 0.0197. The zero-order valence-corrected chi connectivity index (χ0v) is 49.9. The van der Waals surface area contributed by atoms with Crippen LogP contribution in [0.1, 0.15) is 290 Å². The molecule has 76 heavy (non-hydrogen) atoms. The minimum absolute atomic E-state index is 0.155. The molecule has 11 nitrogen and oxygen atoms in total. The Morgan fingerprint density at radius 2 is 0.684 bits per heavy atom. The first-order valence-electron chi connectivity index (χ1n) is 31.2. The molecule has 3 unspecified atom stereocenters. The maximum Gasteiger partial charge on any atom is 0.472 e. The lowest BCUT2D eigenvalue weighted by molar-refractivity contribution is -0.161. The number of hydrogen-bond acceptors (Lipinski definition) is 10. The molecule has 0 fully saturated rings. The summed E-state index contributed by atoms with van der Waals surface area (Å²) in [5.41, 5.74) is 0. The van der Waals surface area contributed by atoms with Gasteiger partial charge in [-0.3, -0.25) is 23.4 Å². The molecule has 0 spiro atoms. The van der Waals surface area contributed by atoms with E-state index in [1.807, 2.05) is 0 Å². The van der Waals surface area contributed by atoms with Gasteiger partial charge in [0.15, 0.2) is 6.10 Å². The summed E-state index contributed by atoms with van der Waals surface area (Å²) in [4.78, 5) is 48.7. The summed E-state index contributed by atoms with van der Waals surface area (Å²) in [5.74, 6) is -1.48. The van der Waals surface area contributed by atoms with Crippen molar-refractivity contribution in [2.75, 3.05) is 26.4 Å². The number of phosphoric ester groups is 1. The van der Waals surface area contributed by atoms with E-state index >= 15 is 0 Å². The standard InChI is InChI=1S/C64H115O11P/c1-4-7-10-13-16-19-22-25-28-30-33-35-38-41-44-47-50-53-62(66)71-57-61(75-64(68)55-52-49-46-43-40-37-34-31-29-26-23-20-17-14-11-8-5-2)59-73-76(69,70)72-58-60(56-65)74-63(67)54-51-48-45-42-39-36-32-27-24-21-18-15-12-9-6-3/h8,11,17,20,25-29,32,60-61,65H,4-7,9-10,12-16,18-19,21-24,30-31,33-59H2,1-3H3,(H,69,70)/b11-8-,20-17-,28-25-,29-26-,32-27-. The van der Waals surface area contributed by atoms with Crippen LogP contribution in [0.25, 0.3) is 0 Å². The van der Waals surface area contributed by atoms with E-state index in [1.165, 1.54) is 109 Å². The van der Waals surface area contributed by atoms with Crippen molar-refractivity contribution in [1.29, 1.82) is 0 Å². The number of aliphatic hydroxyl groups excluding tert-OH is 1. The maximum atomic E-state index is 12.9. The predicted molar refractivity (Wildman–Crippen MR) is 316 cm³/mol. The number of ether oxygens (including phenoxy) is 3. The second-order valence-electron chi connectivity index (χ2n) is 20.8. The number of rotatable bonds is 58. The molecule has 12 heteroatoms. The van der Waals surface area contributed by atoms with E-state index in [0.717, 1.165) is 122 Å². The lowest BCUT2D eigenvalue weighted by atomic mass is 10.1. The summed E-state index contributed by atoms with van der Waals surface area (Å²) in [6, 6.07) is 0. The fourth-order valence-electron chi connectivity index (χ4n) is 8.66. The van der Waals surface area contributed by atoms with Crippen LogP contribution in [0, 0.1) is 0 Å². The van der Waals surface area contributed by atoms with Crippen molar-refractivity contribution in [2.45, 2.75) is 303 Å². The first-order chi connectivity index (χ1) is 37.2. The van der Waals surface area contributed by atoms with Gasteiger partial charge in [0.2, 0.25) is 0 Å². The van der Waals surface area contributed by atoms with E-state index in [-0.39, 0.29) is 25.9 Å². The molecule has 0 saturated carbocycles. The molecular formula is C64H115O11P. The van der Waals surface area contributed by atoms with Gasteiger partial charge in [-0.1, -0.05) is 229 Å². The molecule has 0 aromatic rings. The largest absolute Gasteiger partial charge is 0.472 e. The maximum absolute atomic E-state index is 12.9. The number of aliphatic hydroxyl groups is 1. The van der Waals surface area contributed by atoms with Gasteiger partial charge in [-0.15, -0.1) is 0 Å². The average molecular weight is 1090 g/mol. The van der Waals surface area contributed by atoms with Crippen LogP contribution in [-0.2, 0) is 42.2 Å². The number of esters is 3. The monoisotopic (exact) mass is 1090 g/mol. The Morgan fingerprint density at radius 3 is 1.07 bits per heavy atom. The van der Waals surface area contributed by atoms with Crippen LogP contribution >= 0.6 is 7.82 Å². The number of hydrogen-bond donors (Lipinski definition) is 2. The third kappa shape index (κ3) is 55.9. The summed E-state index contributed by atoms with van der Waals surface area (Å²) in [5, 5.41) is 9.83. The molecule has 0 amide bonds. The SMILES string of the molecule is CC/C=C\C/C=C\C/C=C\CCCCCCCCCC(=O)OC(COC(=O)CCCCCCCCC/C=C\CCCCCCCC)COP(=O)(O)OCC(CO)OC(=O)CCCCCCC/C=C\CCCCCCCC. The Kier molecular flexibility index (Phi) is 56.2. The zero-order chi connectivity index (χ0) is 55.5. The van der Waals surface area contributed by atoms with Gasteiger partial charge in [-0.25, -0.2) is 4.57 Å². The molecule has 0 saturated heterocycles. The molecule has 442 valence electrons. The van der Waals surface area contributed by atoms with E-state index in [1.54, 1.807) is 0 Å². The number of unbranched alkanes of at least 4 members (excludes halogenated alkanes) is 31. The predicted octanol–water partition coefficient (Wildman–Crippen LogP) is 18.7. The number of allylic oxidation sites excluding steroid dienone is 10. The van der Waals surface area contributed by atoms with Gasteiger partial charge < -0.3 is 24.2 Å². The molecule has 0 rings (SSSR count). The number of phosphoric acid groups is 1. The average Bonchev–Trinajstić information content (AvgIpc) is 3.41. The van der Waals surface area contributed by atoms with E-state index in [2.05, 4.69) is 81.5 Å². The Bertz CT molecular complexity index is 1510. The van der Waals surface area contributed by atoms with Crippen molar-refractivity contribution in [2.24, 2.45) is 0 Å².